The van der Waals surface area contributed by atoms with Crippen LogP contribution in [0.25, 0.3) is 0 Å². The number of anilines is 2. The first-order valence-corrected chi connectivity index (χ1v) is 7.58. The molecular formula is C16H16N2O3S. The average molecular weight is 316 g/mol. The van der Waals surface area contributed by atoms with Crippen LogP contribution in [0.4, 0.5) is 11.5 Å². The summed E-state index contributed by atoms with van der Waals surface area (Å²) in [6.07, 6.45) is 0. The molecule has 1 aromatic heterocycles. The molecule has 0 saturated carbocycles. The number of benzene rings is 1. The minimum absolute atomic E-state index is 0.0199. The Hall–Kier alpha value is -2.21. The number of aryl methyl sites for hydroxylation is 1. The lowest BCUT2D eigenvalue weighted by molar-refractivity contribution is 0.101. The maximum absolute atomic E-state index is 11.7. The number of rotatable bonds is 3. The summed E-state index contributed by atoms with van der Waals surface area (Å²) in [5, 5.41) is 3.29. The van der Waals surface area contributed by atoms with Crippen LogP contribution in [0.3, 0.4) is 0 Å². The van der Waals surface area contributed by atoms with Gasteiger partial charge in [-0.05, 0) is 19.9 Å². The molecule has 0 fully saturated rings. The Balaban J connectivity index is 2.08. The summed E-state index contributed by atoms with van der Waals surface area (Å²) >= 11 is 1.56. The molecule has 114 valence electrons. The molecule has 1 aromatic carbocycles. The highest BCUT2D eigenvalue weighted by Crippen LogP contribution is 2.47. The van der Waals surface area contributed by atoms with Crippen LogP contribution in [0, 0.1) is 6.92 Å². The predicted molar refractivity (Wildman–Crippen MR) is 85.9 cm³/mol. The van der Waals surface area contributed by atoms with Gasteiger partial charge in [0.1, 0.15) is 5.82 Å². The molecule has 0 aliphatic carbocycles. The second-order valence-electron chi connectivity index (χ2n) is 4.95. The molecule has 22 heavy (non-hydrogen) atoms. The molecule has 0 spiro atoms. The van der Waals surface area contributed by atoms with Gasteiger partial charge in [0.05, 0.1) is 30.5 Å². The van der Waals surface area contributed by atoms with Gasteiger partial charge in [-0.3, -0.25) is 4.79 Å². The summed E-state index contributed by atoms with van der Waals surface area (Å²) in [5.74, 6) is 2.11. The van der Waals surface area contributed by atoms with Crippen molar-refractivity contribution in [2.24, 2.45) is 0 Å². The van der Waals surface area contributed by atoms with Crippen molar-refractivity contribution in [3.05, 3.63) is 29.5 Å². The molecule has 2 heterocycles. The molecule has 0 atom stereocenters. The highest BCUT2D eigenvalue weighted by atomic mass is 32.2. The minimum Gasteiger partial charge on any atom is -0.493 e. The molecule has 1 N–H and O–H groups in total. The van der Waals surface area contributed by atoms with Gasteiger partial charge in [0.25, 0.3) is 0 Å². The van der Waals surface area contributed by atoms with Crippen LogP contribution < -0.4 is 14.8 Å². The zero-order chi connectivity index (χ0) is 15.9. The van der Waals surface area contributed by atoms with Gasteiger partial charge in [0.15, 0.2) is 17.3 Å². The molecule has 1 aliphatic rings. The first-order chi connectivity index (χ1) is 10.5. The van der Waals surface area contributed by atoms with Gasteiger partial charge in [-0.1, -0.05) is 11.8 Å². The summed E-state index contributed by atoms with van der Waals surface area (Å²) in [6, 6.07) is 5.69. The summed E-state index contributed by atoms with van der Waals surface area (Å²) in [5.41, 5.74) is 2.29. The van der Waals surface area contributed by atoms with E-state index < -0.39 is 0 Å². The zero-order valence-corrected chi connectivity index (χ0v) is 13.6. The third kappa shape index (κ3) is 2.39. The number of Topliss-reactive ketones (excluding diaryl/α,β-unsaturated/α-hetero) is 1. The molecule has 0 saturated heterocycles. The van der Waals surface area contributed by atoms with Crippen LogP contribution in [-0.4, -0.2) is 25.0 Å². The minimum atomic E-state index is 0.0199. The maximum Gasteiger partial charge on any atom is 0.162 e. The van der Waals surface area contributed by atoms with Crippen molar-refractivity contribution in [2.75, 3.05) is 19.5 Å². The smallest absolute Gasteiger partial charge is 0.162 e. The zero-order valence-electron chi connectivity index (χ0n) is 12.8. The van der Waals surface area contributed by atoms with E-state index in [0.29, 0.717) is 17.1 Å². The molecule has 0 unspecified atom stereocenters. The number of hydrogen-bond acceptors (Lipinski definition) is 6. The van der Waals surface area contributed by atoms with E-state index in [9.17, 15) is 4.79 Å². The number of nitrogens with one attached hydrogen (secondary N) is 1. The fourth-order valence-corrected chi connectivity index (χ4v) is 3.39. The Morgan fingerprint density at radius 3 is 2.45 bits per heavy atom. The quantitative estimate of drug-likeness (QED) is 0.741. The Bertz CT molecular complexity index is 774. The van der Waals surface area contributed by atoms with E-state index >= 15 is 0 Å². The van der Waals surface area contributed by atoms with Crippen LogP contribution >= 0.6 is 11.8 Å². The number of fused-ring (bicyclic) bond motifs is 2. The molecule has 0 amide bonds. The lowest BCUT2D eigenvalue weighted by Crippen LogP contribution is -2.07. The maximum atomic E-state index is 11.7. The van der Waals surface area contributed by atoms with Crippen LogP contribution in [0.2, 0.25) is 0 Å². The van der Waals surface area contributed by atoms with E-state index in [1.54, 1.807) is 32.9 Å². The summed E-state index contributed by atoms with van der Waals surface area (Å²) < 4.78 is 10.7. The van der Waals surface area contributed by atoms with Gasteiger partial charge in [-0.15, -0.1) is 0 Å². The highest BCUT2D eigenvalue weighted by Gasteiger charge is 2.22. The van der Waals surface area contributed by atoms with Crippen molar-refractivity contribution >= 4 is 29.1 Å². The number of carbonyl (C=O) groups is 1. The van der Waals surface area contributed by atoms with Gasteiger partial charge in [-0.2, -0.15) is 0 Å². The summed E-state index contributed by atoms with van der Waals surface area (Å²) in [6.45, 7) is 3.40. The van der Waals surface area contributed by atoms with Gasteiger partial charge >= 0.3 is 0 Å². The Labute approximate surface area is 133 Å². The van der Waals surface area contributed by atoms with E-state index in [1.165, 1.54) is 0 Å². The molecule has 2 aromatic rings. The third-order valence-electron chi connectivity index (χ3n) is 3.52. The number of aromatic nitrogens is 1. The van der Waals surface area contributed by atoms with Gasteiger partial charge < -0.3 is 14.8 Å². The van der Waals surface area contributed by atoms with E-state index in [2.05, 4.69) is 10.3 Å². The lowest BCUT2D eigenvalue weighted by Gasteiger charge is -2.22. The van der Waals surface area contributed by atoms with Crippen molar-refractivity contribution < 1.29 is 14.3 Å². The summed E-state index contributed by atoms with van der Waals surface area (Å²) in [7, 11) is 3.22. The third-order valence-corrected chi connectivity index (χ3v) is 4.60. The van der Waals surface area contributed by atoms with Crippen molar-refractivity contribution in [1.82, 2.24) is 4.98 Å². The van der Waals surface area contributed by atoms with Crippen molar-refractivity contribution in [1.29, 1.82) is 0 Å². The summed E-state index contributed by atoms with van der Waals surface area (Å²) in [4.78, 5) is 18.1. The Kier molecular flexibility index (Phi) is 3.70. The monoisotopic (exact) mass is 316 g/mol. The number of nitrogens with zero attached hydrogens (tertiary/aromatic N) is 1. The standard InChI is InChI=1S/C16H16N2O3S/c1-8-10(9(2)19)5-15-16(17-8)18-11-6-12(20-3)13(21-4)7-14(11)22-15/h5-7H,1-4H3,(H,17,18). The van der Waals surface area contributed by atoms with E-state index in [0.717, 1.165) is 27.0 Å². The number of pyridine rings is 1. The lowest BCUT2D eigenvalue weighted by atomic mass is 10.1. The number of hydrogen-bond donors (Lipinski definition) is 1. The SMILES string of the molecule is COc1cc2c(cc1OC)Sc1cc(C(C)=O)c(C)nc1N2. The van der Waals surface area contributed by atoms with Crippen LogP contribution in [-0.2, 0) is 0 Å². The second-order valence-corrected chi connectivity index (χ2v) is 6.04. The molecule has 0 bridgehead atoms. The molecule has 0 radical (unpaired) electrons. The van der Waals surface area contributed by atoms with Crippen LogP contribution in [0.1, 0.15) is 23.0 Å². The van der Waals surface area contributed by atoms with E-state index in [-0.39, 0.29) is 5.78 Å². The molecule has 3 rings (SSSR count). The number of carbonyl (C=O) groups excluding carboxylic acids is 1. The molecule has 1 aliphatic heterocycles. The van der Waals surface area contributed by atoms with Crippen molar-refractivity contribution in [3.8, 4) is 11.5 Å². The Morgan fingerprint density at radius 1 is 1.14 bits per heavy atom. The largest absolute Gasteiger partial charge is 0.493 e. The van der Waals surface area contributed by atoms with E-state index in [4.69, 9.17) is 9.47 Å². The molecule has 6 heteroatoms. The highest BCUT2D eigenvalue weighted by molar-refractivity contribution is 7.99. The fourth-order valence-electron chi connectivity index (χ4n) is 2.40. The first-order valence-electron chi connectivity index (χ1n) is 6.77. The van der Waals surface area contributed by atoms with Crippen LogP contribution in [0.15, 0.2) is 28.0 Å². The fraction of sp³-hybridized carbons (Fsp3) is 0.250. The number of ether oxygens (including phenoxy) is 2. The molecule has 5 nitrogen and oxygen atoms in total. The average Bonchev–Trinajstić information content (AvgIpc) is 2.50. The van der Waals surface area contributed by atoms with Crippen molar-refractivity contribution in [3.63, 3.8) is 0 Å². The first kappa shape index (κ1) is 14.7. The van der Waals surface area contributed by atoms with Gasteiger partial charge in [0.2, 0.25) is 0 Å². The Morgan fingerprint density at radius 2 is 1.82 bits per heavy atom. The van der Waals surface area contributed by atoms with Gasteiger partial charge in [0, 0.05) is 22.6 Å². The second kappa shape index (κ2) is 5.53. The predicted octanol–water partition coefficient (Wildman–Crippen LogP) is 3.82. The number of methoxy groups -OCH3 is 2. The number of ketones is 1. The van der Waals surface area contributed by atoms with E-state index in [1.807, 2.05) is 25.1 Å². The normalized spacial score (nSPS) is 12.0. The molecular weight excluding hydrogens is 300 g/mol. The van der Waals surface area contributed by atoms with Crippen molar-refractivity contribution in [2.45, 2.75) is 23.6 Å². The van der Waals surface area contributed by atoms with Crippen LogP contribution in [0.5, 0.6) is 11.5 Å². The van der Waals surface area contributed by atoms with Gasteiger partial charge in [-0.25, -0.2) is 4.98 Å². The topological polar surface area (TPSA) is 60.5 Å².